The summed E-state index contributed by atoms with van der Waals surface area (Å²) < 4.78 is 24.9. The molecule has 0 amide bonds. The maximum absolute atomic E-state index is 12.4. The van der Waals surface area contributed by atoms with E-state index >= 15 is 0 Å². The number of carbonyl (C=O) groups is 1. The van der Waals surface area contributed by atoms with Gasteiger partial charge in [0.15, 0.2) is 6.29 Å². The van der Waals surface area contributed by atoms with Crippen LogP contribution in [-0.2, 0) is 5.88 Å². The zero-order valence-corrected chi connectivity index (χ0v) is 8.13. The second-order valence-corrected chi connectivity index (χ2v) is 2.88. The Hall–Kier alpha value is -1.54. The van der Waals surface area contributed by atoms with Crippen molar-refractivity contribution in [1.29, 1.82) is 5.26 Å². The molecule has 1 rings (SSSR count). The van der Waals surface area contributed by atoms with E-state index < -0.39 is 12.1 Å². The standard InChI is InChI=1S/C9H5ClF2N2O/c10-1-6-7(2-13)5(4-15)3-14-8(6)9(11)12/h3-4,9H,1H2. The summed E-state index contributed by atoms with van der Waals surface area (Å²) in [6.07, 6.45) is -1.48. The van der Waals surface area contributed by atoms with Gasteiger partial charge in [-0.1, -0.05) is 0 Å². The van der Waals surface area contributed by atoms with Gasteiger partial charge in [0.2, 0.25) is 0 Å². The van der Waals surface area contributed by atoms with Crippen LogP contribution in [0.4, 0.5) is 8.78 Å². The van der Waals surface area contributed by atoms with E-state index in [2.05, 4.69) is 4.98 Å². The molecule has 1 heterocycles. The van der Waals surface area contributed by atoms with Crippen LogP contribution in [0.2, 0.25) is 0 Å². The third kappa shape index (κ3) is 2.10. The fourth-order valence-corrected chi connectivity index (χ4v) is 1.40. The van der Waals surface area contributed by atoms with Gasteiger partial charge in [0.25, 0.3) is 6.43 Å². The average molecular weight is 231 g/mol. The van der Waals surface area contributed by atoms with Crippen molar-refractivity contribution >= 4 is 17.9 Å². The fourth-order valence-electron chi connectivity index (χ4n) is 1.13. The molecule has 3 nitrogen and oxygen atoms in total. The van der Waals surface area contributed by atoms with E-state index in [-0.39, 0.29) is 22.6 Å². The second kappa shape index (κ2) is 4.80. The zero-order valence-electron chi connectivity index (χ0n) is 7.38. The number of aldehydes is 1. The predicted octanol–water partition coefficient (Wildman–Crippen LogP) is 2.44. The molecule has 0 N–H and O–H groups in total. The van der Waals surface area contributed by atoms with Crippen LogP contribution in [0.25, 0.3) is 0 Å². The maximum Gasteiger partial charge on any atom is 0.280 e. The fraction of sp³-hybridized carbons (Fsp3) is 0.222. The van der Waals surface area contributed by atoms with Crippen molar-refractivity contribution in [2.75, 3.05) is 0 Å². The minimum Gasteiger partial charge on any atom is -0.298 e. The Morgan fingerprint density at radius 3 is 2.73 bits per heavy atom. The van der Waals surface area contributed by atoms with E-state index in [9.17, 15) is 13.6 Å². The van der Waals surface area contributed by atoms with Crippen molar-refractivity contribution in [2.45, 2.75) is 12.3 Å². The summed E-state index contributed by atoms with van der Waals surface area (Å²) in [6, 6.07) is 1.67. The SMILES string of the molecule is N#Cc1c(C=O)cnc(C(F)F)c1CCl. The number of nitrogens with zero attached hydrogens (tertiary/aromatic N) is 2. The van der Waals surface area contributed by atoms with Crippen molar-refractivity contribution in [3.05, 3.63) is 28.6 Å². The average Bonchev–Trinajstić information content (AvgIpc) is 2.26. The van der Waals surface area contributed by atoms with Crippen LogP contribution in [0.1, 0.15) is 33.6 Å². The normalized spacial score (nSPS) is 10.1. The van der Waals surface area contributed by atoms with E-state index in [1.54, 1.807) is 6.07 Å². The molecule has 0 spiro atoms. The van der Waals surface area contributed by atoms with Gasteiger partial charge in [0.05, 0.1) is 17.0 Å². The van der Waals surface area contributed by atoms with E-state index in [1.165, 1.54) is 0 Å². The summed E-state index contributed by atoms with van der Waals surface area (Å²) in [5.74, 6) is -0.281. The molecule has 0 atom stereocenters. The third-order valence-electron chi connectivity index (χ3n) is 1.82. The van der Waals surface area contributed by atoms with Gasteiger partial charge in [0, 0.05) is 11.8 Å². The molecule has 0 bridgehead atoms. The van der Waals surface area contributed by atoms with Gasteiger partial charge in [0.1, 0.15) is 11.8 Å². The van der Waals surface area contributed by atoms with Crippen LogP contribution < -0.4 is 0 Å². The van der Waals surface area contributed by atoms with Gasteiger partial charge in [-0.3, -0.25) is 9.78 Å². The van der Waals surface area contributed by atoms with E-state index in [1.807, 2.05) is 0 Å². The van der Waals surface area contributed by atoms with Gasteiger partial charge in [-0.2, -0.15) is 5.26 Å². The number of rotatable bonds is 3. The molecule has 0 radical (unpaired) electrons. The highest BCUT2D eigenvalue weighted by atomic mass is 35.5. The Balaban J connectivity index is 3.49. The van der Waals surface area contributed by atoms with Crippen LogP contribution in [-0.4, -0.2) is 11.3 Å². The van der Waals surface area contributed by atoms with Crippen LogP contribution in [0, 0.1) is 11.3 Å². The van der Waals surface area contributed by atoms with Crippen molar-refractivity contribution < 1.29 is 13.6 Å². The quantitative estimate of drug-likeness (QED) is 0.592. The minimum absolute atomic E-state index is 0.0300. The summed E-state index contributed by atoms with van der Waals surface area (Å²) in [5, 5.41) is 8.73. The van der Waals surface area contributed by atoms with Crippen molar-refractivity contribution in [1.82, 2.24) is 4.98 Å². The lowest BCUT2D eigenvalue weighted by atomic mass is 10.0. The number of halogens is 3. The summed E-state index contributed by atoms with van der Waals surface area (Å²) in [7, 11) is 0. The number of hydrogen-bond acceptors (Lipinski definition) is 3. The zero-order chi connectivity index (χ0) is 11.4. The number of pyridine rings is 1. The van der Waals surface area contributed by atoms with Gasteiger partial charge >= 0.3 is 0 Å². The molecule has 0 unspecified atom stereocenters. The Morgan fingerprint density at radius 1 is 1.67 bits per heavy atom. The van der Waals surface area contributed by atoms with Crippen LogP contribution in [0.15, 0.2) is 6.20 Å². The molecule has 15 heavy (non-hydrogen) atoms. The molecule has 0 aliphatic heterocycles. The lowest BCUT2D eigenvalue weighted by molar-refractivity contribution is 0.112. The molecule has 78 valence electrons. The monoisotopic (exact) mass is 230 g/mol. The number of aromatic nitrogens is 1. The molecule has 0 aliphatic carbocycles. The molecule has 1 aromatic heterocycles. The number of hydrogen-bond donors (Lipinski definition) is 0. The summed E-state index contributed by atoms with van der Waals surface area (Å²) in [6.45, 7) is 0. The Labute approximate surface area is 89.3 Å². The van der Waals surface area contributed by atoms with Crippen molar-refractivity contribution in [3.8, 4) is 6.07 Å². The van der Waals surface area contributed by atoms with Gasteiger partial charge in [-0.25, -0.2) is 8.78 Å². The molecular formula is C9H5ClF2N2O. The van der Waals surface area contributed by atoms with Crippen LogP contribution in [0.5, 0.6) is 0 Å². The van der Waals surface area contributed by atoms with Crippen molar-refractivity contribution in [3.63, 3.8) is 0 Å². The first kappa shape index (κ1) is 11.5. The first-order chi connectivity index (χ1) is 7.15. The summed E-state index contributed by atoms with van der Waals surface area (Å²) in [4.78, 5) is 13.9. The molecule has 0 aromatic carbocycles. The number of carbonyl (C=O) groups excluding carboxylic acids is 1. The Morgan fingerprint density at radius 2 is 2.33 bits per heavy atom. The highest BCUT2D eigenvalue weighted by Crippen LogP contribution is 2.25. The first-order valence-corrected chi connectivity index (χ1v) is 4.40. The lowest BCUT2D eigenvalue weighted by Gasteiger charge is -2.07. The Bertz CT molecular complexity index is 429. The highest BCUT2D eigenvalue weighted by Gasteiger charge is 2.19. The minimum atomic E-state index is -2.81. The smallest absolute Gasteiger partial charge is 0.280 e. The molecular weight excluding hydrogens is 226 g/mol. The van der Waals surface area contributed by atoms with Crippen LogP contribution in [0.3, 0.4) is 0 Å². The molecule has 0 fully saturated rings. The topological polar surface area (TPSA) is 53.8 Å². The van der Waals surface area contributed by atoms with Gasteiger partial charge < -0.3 is 0 Å². The number of nitriles is 1. The van der Waals surface area contributed by atoms with E-state index in [0.717, 1.165) is 6.20 Å². The Kier molecular flexibility index (Phi) is 3.69. The van der Waals surface area contributed by atoms with Gasteiger partial charge in [-0.15, -0.1) is 11.6 Å². The molecule has 1 aromatic rings. The summed E-state index contributed by atoms with van der Waals surface area (Å²) in [5.41, 5.74) is -0.797. The number of alkyl halides is 3. The molecule has 6 heteroatoms. The highest BCUT2D eigenvalue weighted by molar-refractivity contribution is 6.17. The van der Waals surface area contributed by atoms with Crippen molar-refractivity contribution in [2.24, 2.45) is 0 Å². The molecule has 0 saturated heterocycles. The predicted molar refractivity (Wildman–Crippen MR) is 48.9 cm³/mol. The van der Waals surface area contributed by atoms with E-state index in [4.69, 9.17) is 16.9 Å². The van der Waals surface area contributed by atoms with E-state index in [0.29, 0.717) is 6.29 Å². The lowest BCUT2D eigenvalue weighted by Crippen LogP contribution is -2.03. The molecule has 0 saturated carbocycles. The maximum atomic E-state index is 12.4. The summed E-state index contributed by atoms with van der Waals surface area (Å²) >= 11 is 5.45. The largest absolute Gasteiger partial charge is 0.298 e. The first-order valence-electron chi connectivity index (χ1n) is 3.86. The second-order valence-electron chi connectivity index (χ2n) is 2.62. The molecule has 0 aliphatic rings. The van der Waals surface area contributed by atoms with Gasteiger partial charge in [-0.05, 0) is 0 Å². The third-order valence-corrected chi connectivity index (χ3v) is 2.09. The van der Waals surface area contributed by atoms with Crippen LogP contribution >= 0.6 is 11.6 Å².